The number of nitrogens with one attached hydrogen (secondary N) is 2. The predicted octanol–water partition coefficient (Wildman–Crippen LogP) is 3.29. The first-order valence-corrected chi connectivity index (χ1v) is 9.59. The van der Waals surface area contributed by atoms with Gasteiger partial charge in [0.25, 0.3) is 0 Å². The highest BCUT2D eigenvalue weighted by molar-refractivity contribution is 14.0. The number of halogens is 1. The van der Waals surface area contributed by atoms with Gasteiger partial charge in [0.2, 0.25) is 0 Å². The van der Waals surface area contributed by atoms with Gasteiger partial charge in [0.15, 0.2) is 5.96 Å². The second-order valence-corrected chi connectivity index (χ2v) is 7.05. The van der Waals surface area contributed by atoms with Gasteiger partial charge in [-0.2, -0.15) is 0 Å². The Balaban J connectivity index is 0.00000529. The van der Waals surface area contributed by atoms with Gasteiger partial charge in [-0.15, -0.1) is 35.3 Å². The fourth-order valence-electron chi connectivity index (χ4n) is 2.50. The van der Waals surface area contributed by atoms with E-state index in [0.717, 1.165) is 38.4 Å². The molecule has 1 rings (SSSR count). The molecule has 0 fully saturated rings. The lowest BCUT2D eigenvalue weighted by Crippen LogP contribution is -2.39. The molecule has 0 aliphatic rings. The maximum absolute atomic E-state index is 4.38. The molecule has 0 radical (unpaired) electrons. The van der Waals surface area contributed by atoms with Crippen molar-refractivity contribution in [2.45, 2.75) is 46.5 Å². The lowest BCUT2D eigenvalue weighted by molar-refractivity contribution is 0.271. The average molecular weight is 467 g/mol. The molecule has 24 heavy (non-hydrogen) atoms. The van der Waals surface area contributed by atoms with Crippen LogP contribution in [0.3, 0.4) is 0 Å². The molecule has 7 heteroatoms. The van der Waals surface area contributed by atoms with E-state index in [4.69, 9.17) is 0 Å². The monoisotopic (exact) mass is 467 g/mol. The maximum Gasteiger partial charge on any atom is 0.190 e. The van der Waals surface area contributed by atoms with Crippen molar-refractivity contribution in [2.75, 3.05) is 39.8 Å². The molecule has 0 spiro atoms. The molecule has 0 aliphatic heterocycles. The third-order valence-electron chi connectivity index (χ3n) is 3.55. The van der Waals surface area contributed by atoms with Crippen molar-refractivity contribution in [3.8, 4) is 0 Å². The van der Waals surface area contributed by atoms with Crippen LogP contribution in [-0.4, -0.2) is 55.6 Å². The van der Waals surface area contributed by atoms with Crippen molar-refractivity contribution < 1.29 is 0 Å². The molecule has 1 aromatic rings. The Hall–Kier alpha value is -0.410. The van der Waals surface area contributed by atoms with Crippen LogP contribution in [0.5, 0.6) is 0 Å². The van der Waals surface area contributed by atoms with Gasteiger partial charge in [-0.25, -0.2) is 4.98 Å². The normalized spacial score (nSPS) is 11.5. The van der Waals surface area contributed by atoms with Crippen LogP contribution in [0.2, 0.25) is 0 Å². The standard InChI is InChI=1S/C17H33N5S.HI/c1-5-11-22(12-6-2)13-7-9-19-17(18-4)20-10-8-16-21-14-15(3)23-16;/h14H,5-13H2,1-4H3,(H2,18,19,20);1H. The van der Waals surface area contributed by atoms with Crippen LogP contribution in [0.15, 0.2) is 11.2 Å². The first-order valence-electron chi connectivity index (χ1n) is 8.77. The number of aryl methyl sites for hydroxylation is 1. The van der Waals surface area contributed by atoms with E-state index in [1.807, 2.05) is 13.2 Å². The third-order valence-corrected chi connectivity index (χ3v) is 4.52. The number of aliphatic imine (C=N–C) groups is 1. The third kappa shape index (κ3) is 10.5. The van der Waals surface area contributed by atoms with E-state index < -0.39 is 0 Å². The van der Waals surface area contributed by atoms with E-state index in [2.05, 4.69) is 46.3 Å². The van der Waals surface area contributed by atoms with Crippen molar-refractivity contribution in [1.82, 2.24) is 20.5 Å². The Morgan fingerprint density at radius 1 is 1.17 bits per heavy atom. The summed E-state index contributed by atoms with van der Waals surface area (Å²) in [6.07, 6.45) is 6.48. The summed E-state index contributed by atoms with van der Waals surface area (Å²) in [7, 11) is 1.82. The molecule has 5 nitrogen and oxygen atoms in total. The van der Waals surface area contributed by atoms with Crippen molar-refractivity contribution in [1.29, 1.82) is 0 Å². The molecule has 0 aliphatic carbocycles. The smallest absolute Gasteiger partial charge is 0.190 e. The molecule has 0 aromatic carbocycles. The summed E-state index contributed by atoms with van der Waals surface area (Å²) >= 11 is 1.76. The maximum atomic E-state index is 4.38. The molecule has 1 heterocycles. The Labute approximate surface area is 168 Å². The molecule has 0 saturated heterocycles. The molecule has 1 aromatic heterocycles. The molecule has 0 unspecified atom stereocenters. The Morgan fingerprint density at radius 2 is 1.83 bits per heavy atom. The Kier molecular flexibility index (Phi) is 14.6. The number of aromatic nitrogens is 1. The van der Waals surface area contributed by atoms with Crippen molar-refractivity contribution in [3.05, 3.63) is 16.1 Å². The fourth-order valence-corrected chi connectivity index (χ4v) is 3.29. The molecule has 2 N–H and O–H groups in total. The summed E-state index contributed by atoms with van der Waals surface area (Å²) in [5.41, 5.74) is 0. The highest BCUT2D eigenvalue weighted by Gasteiger charge is 2.03. The first-order chi connectivity index (χ1) is 11.2. The summed E-state index contributed by atoms with van der Waals surface area (Å²) in [4.78, 5) is 12.5. The lowest BCUT2D eigenvalue weighted by atomic mass is 10.3. The van der Waals surface area contributed by atoms with Gasteiger partial charge in [-0.05, 0) is 45.8 Å². The van der Waals surface area contributed by atoms with E-state index >= 15 is 0 Å². The first kappa shape index (κ1) is 23.6. The minimum atomic E-state index is 0. The van der Waals surface area contributed by atoms with Crippen LogP contribution in [0.4, 0.5) is 0 Å². The fraction of sp³-hybridized carbons (Fsp3) is 0.765. The van der Waals surface area contributed by atoms with Gasteiger partial charge < -0.3 is 15.5 Å². The van der Waals surface area contributed by atoms with E-state index in [1.165, 1.54) is 35.8 Å². The van der Waals surface area contributed by atoms with Crippen LogP contribution in [0, 0.1) is 6.92 Å². The Morgan fingerprint density at radius 3 is 2.38 bits per heavy atom. The van der Waals surface area contributed by atoms with E-state index in [1.54, 1.807) is 11.3 Å². The quantitative estimate of drug-likeness (QED) is 0.227. The second-order valence-electron chi connectivity index (χ2n) is 5.74. The largest absolute Gasteiger partial charge is 0.356 e. The van der Waals surface area contributed by atoms with Crippen molar-refractivity contribution in [3.63, 3.8) is 0 Å². The van der Waals surface area contributed by atoms with Gasteiger partial charge in [-0.3, -0.25) is 4.99 Å². The molecular weight excluding hydrogens is 433 g/mol. The van der Waals surface area contributed by atoms with Crippen LogP contribution < -0.4 is 10.6 Å². The van der Waals surface area contributed by atoms with Crippen molar-refractivity contribution in [2.24, 2.45) is 4.99 Å². The zero-order valence-electron chi connectivity index (χ0n) is 15.6. The lowest BCUT2D eigenvalue weighted by Gasteiger charge is -2.21. The van der Waals surface area contributed by atoms with Gasteiger partial charge in [-0.1, -0.05) is 13.8 Å². The van der Waals surface area contributed by atoms with E-state index in [9.17, 15) is 0 Å². The topological polar surface area (TPSA) is 52.5 Å². The number of hydrogen-bond donors (Lipinski definition) is 2. The van der Waals surface area contributed by atoms with Gasteiger partial charge in [0, 0.05) is 37.6 Å². The van der Waals surface area contributed by atoms with Crippen LogP contribution >= 0.6 is 35.3 Å². The summed E-state index contributed by atoms with van der Waals surface area (Å²) in [5, 5.41) is 7.93. The van der Waals surface area contributed by atoms with Gasteiger partial charge in [0.05, 0.1) is 5.01 Å². The molecular formula is C17H34IN5S. The SMILES string of the molecule is CCCN(CCC)CCCNC(=NC)NCCc1ncc(C)s1.I. The molecule has 0 atom stereocenters. The average Bonchev–Trinajstić information content (AvgIpc) is 2.95. The Bertz CT molecular complexity index is 444. The van der Waals surface area contributed by atoms with Gasteiger partial charge in [0.1, 0.15) is 0 Å². The van der Waals surface area contributed by atoms with E-state index in [-0.39, 0.29) is 24.0 Å². The summed E-state index contributed by atoms with van der Waals surface area (Å²) in [5.74, 6) is 0.885. The predicted molar refractivity (Wildman–Crippen MR) is 117 cm³/mol. The number of rotatable bonds is 11. The summed E-state index contributed by atoms with van der Waals surface area (Å²) in [6.45, 7) is 12.0. The summed E-state index contributed by atoms with van der Waals surface area (Å²) in [6, 6.07) is 0. The highest BCUT2D eigenvalue weighted by Crippen LogP contribution is 2.10. The van der Waals surface area contributed by atoms with E-state index in [0.29, 0.717) is 0 Å². The minimum Gasteiger partial charge on any atom is -0.356 e. The highest BCUT2D eigenvalue weighted by atomic mass is 127. The number of hydrogen-bond acceptors (Lipinski definition) is 4. The second kappa shape index (κ2) is 14.9. The molecule has 0 bridgehead atoms. The zero-order valence-corrected chi connectivity index (χ0v) is 18.7. The minimum absolute atomic E-state index is 0. The van der Waals surface area contributed by atoms with Crippen molar-refractivity contribution >= 4 is 41.3 Å². The van der Waals surface area contributed by atoms with Crippen LogP contribution in [0.25, 0.3) is 0 Å². The van der Waals surface area contributed by atoms with Crippen LogP contribution in [-0.2, 0) is 6.42 Å². The number of thiazole rings is 1. The number of nitrogens with zero attached hydrogens (tertiary/aromatic N) is 3. The summed E-state index contributed by atoms with van der Waals surface area (Å²) < 4.78 is 0. The van der Waals surface area contributed by atoms with Crippen LogP contribution in [0.1, 0.15) is 43.0 Å². The molecule has 0 saturated carbocycles. The van der Waals surface area contributed by atoms with Gasteiger partial charge >= 0.3 is 0 Å². The molecule has 0 amide bonds. The molecule has 140 valence electrons. The zero-order chi connectivity index (χ0) is 16.9. The number of guanidine groups is 1.